The maximum absolute atomic E-state index is 11.2. The smallest absolute Gasteiger partial charge is 0.133 e. The summed E-state index contributed by atoms with van der Waals surface area (Å²) in [5, 5.41) is 0. The van der Waals surface area contributed by atoms with Gasteiger partial charge in [-0.15, -0.1) is 0 Å². The van der Waals surface area contributed by atoms with Crippen LogP contribution in [0.5, 0.6) is 0 Å². The largest absolute Gasteiger partial charge is 0.300 e. The van der Waals surface area contributed by atoms with Gasteiger partial charge in [0.15, 0.2) is 0 Å². The van der Waals surface area contributed by atoms with E-state index >= 15 is 0 Å². The molecule has 0 aromatic rings. The second-order valence-corrected chi connectivity index (χ2v) is 3.65. The van der Waals surface area contributed by atoms with Gasteiger partial charge in [-0.05, 0) is 38.5 Å². The third-order valence-electron chi connectivity index (χ3n) is 2.77. The van der Waals surface area contributed by atoms with Gasteiger partial charge < -0.3 is 0 Å². The average Bonchev–Trinajstić information content (AvgIpc) is 2.07. The Labute approximate surface area is 74.9 Å². The van der Waals surface area contributed by atoms with Crippen molar-refractivity contribution in [2.24, 2.45) is 11.8 Å². The molecule has 0 bridgehead atoms. The van der Waals surface area contributed by atoms with Crippen molar-refractivity contribution in [3.05, 3.63) is 12.2 Å². The Balaban J connectivity index is 2.58. The fourth-order valence-corrected chi connectivity index (χ4v) is 2.07. The van der Waals surface area contributed by atoms with Crippen LogP contribution < -0.4 is 0 Å². The molecular weight excluding hydrogens is 148 g/mol. The van der Waals surface area contributed by atoms with E-state index in [-0.39, 0.29) is 5.92 Å². The van der Waals surface area contributed by atoms with E-state index in [1.165, 1.54) is 19.3 Å². The van der Waals surface area contributed by atoms with E-state index in [1.807, 2.05) is 0 Å². The number of carbonyl (C=O) groups excluding carboxylic acids is 1. The number of Topliss-reactive ketones (excluding diaryl/α,β-unsaturated/α-hetero) is 1. The molecule has 1 heteroatoms. The SMILES string of the molecule is CCC(C(C)=O)C1C=CCCC1. The standard InChI is InChI=1S/C11H18O/c1-3-11(9(2)12)10-7-5-4-6-8-10/h5,7,10-11H,3-4,6,8H2,1-2H3. The first-order valence-electron chi connectivity index (χ1n) is 4.92. The number of allylic oxidation sites excluding steroid dienone is 2. The molecule has 1 aliphatic rings. The molecule has 0 saturated heterocycles. The summed E-state index contributed by atoms with van der Waals surface area (Å²) in [4.78, 5) is 11.2. The van der Waals surface area contributed by atoms with Crippen LogP contribution in [0.4, 0.5) is 0 Å². The molecule has 0 aliphatic heterocycles. The van der Waals surface area contributed by atoms with Crippen LogP contribution in [0.1, 0.15) is 39.5 Å². The normalized spacial score (nSPS) is 25.3. The average molecular weight is 166 g/mol. The zero-order valence-corrected chi connectivity index (χ0v) is 8.05. The molecule has 0 aromatic carbocycles. The molecule has 0 heterocycles. The van der Waals surface area contributed by atoms with Gasteiger partial charge in [0, 0.05) is 5.92 Å². The molecule has 0 radical (unpaired) electrons. The third kappa shape index (κ3) is 2.20. The molecule has 0 aromatic heterocycles. The number of rotatable bonds is 3. The van der Waals surface area contributed by atoms with E-state index in [2.05, 4.69) is 19.1 Å². The number of ketones is 1. The highest BCUT2D eigenvalue weighted by Crippen LogP contribution is 2.27. The molecule has 1 rings (SSSR count). The van der Waals surface area contributed by atoms with E-state index in [9.17, 15) is 4.79 Å². The van der Waals surface area contributed by atoms with Crippen LogP contribution in [0.25, 0.3) is 0 Å². The summed E-state index contributed by atoms with van der Waals surface area (Å²) in [7, 11) is 0. The van der Waals surface area contributed by atoms with E-state index in [0.717, 1.165) is 6.42 Å². The van der Waals surface area contributed by atoms with Crippen LogP contribution in [0.3, 0.4) is 0 Å². The second-order valence-electron chi connectivity index (χ2n) is 3.65. The van der Waals surface area contributed by atoms with E-state index in [1.54, 1.807) is 6.92 Å². The quantitative estimate of drug-likeness (QED) is 0.589. The van der Waals surface area contributed by atoms with Gasteiger partial charge in [-0.1, -0.05) is 19.1 Å². The molecule has 2 atom stereocenters. The minimum Gasteiger partial charge on any atom is -0.300 e. The van der Waals surface area contributed by atoms with Crippen molar-refractivity contribution in [3.8, 4) is 0 Å². The summed E-state index contributed by atoms with van der Waals surface area (Å²) < 4.78 is 0. The topological polar surface area (TPSA) is 17.1 Å². The third-order valence-corrected chi connectivity index (χ3v) is 2.77. The lowest BCUT2D eigenvalue weighted by atomic mass is 9.81. The van der Waals surface area contributed by atoms with E-state index < -0.39 is 0 Å². The lowest BCUT2D eigenvalue weighted by Crippen LogP contribution is -2.20. The fraction of sp³-hybridized carbons (Fsp3) is 0.727. The van der Waals surface area contributed by atoms with Crippen molar-refractivity contribution >= 4 is 5.78 Å². The monoisotopic (exact) mass is 166 g/mol. The van der Waals surface area contributed by atoms with Crippen LogP contribution in [-0.4, -0.2) is 5.78 Å². The Morgan fingerprint density at radius 3 is 2.83 bits per heavy atom. The van der Waals surface area contributed by atoms with Gasteiger partial charge in [0.05, 0.1) is 0 Å². The molecule has 0 saturated carbocycles. The van der Waals surface area contributed by atoms with Crippen LogP contribution in [-0.2, 0) is 4.79 Å². The molecule has 0 N–H and O–H groups in total. The van der Waals surface area contributed by atoms with Gasteiger partial charge in [0.25, 0.3) is 0 Å². The first kappa shape index (κ1) is 9.50. The molecule has 1 aliphatic carbocycles. The van der Waals surface area contributed by atoms with Crippen molar-refractivity contribution in [2.75, 3.05) is 0 Å². The Bertz CT molecular complexity index is 181. The summed E-state index contributed by atoms with van der Waals surface area (Å²) >= 11 is 0. The predicted molar refractivity (Wildman–Crippen MR) is 50.9 cm³/mol. The lowest BCUT2D eigenvalue weighted by Gasteiger charge is -2.23. The van der Waals surface area contributed by atoms with Gasteiger partial charge in [0.1, 0.15) is 5.78 Å². The maximum atomic E-state index is 11.2. The summed E-state index contributed by atoms with van der Waals surface area (Å²) in [6, 6.07) is 0. The minimum absolute atomic E-state index is 0.279. The molecule has 2 unspecified atom stereocenters. The molecule has 0 amide bonds. The summed E-state index contributed by atoms with van der Waals surface area (Å²) in [6.07, 6.45) is 9.10. The van der Waals surface area contributed by atoms with Crippen molar-refractivity contribution in [1.82, 2.24) is 0 Å². The van der Waals surface area contributed by atoms with Gasteiger partial charge in [-0.2, -0.15) is 0 Å². The summed E-state index contributed by atoms with van der Waals surface area (Å²) in [5.41, 5.74) is 0. The van der Waals surface area contributed by atoms with Crippen molar-refractivity contribution < 1.29 is 4.79 Å². The molecular formula is C11H18O. The van der Waals surface area contributed by atoms with Crippen LogP contribution >= 0.6 is 0 Å². The van der Waals surface area contributed by atoms with Crippen molar-refractivity contribution in [2.45, 2.75) is 39.5 Å². The molecule has 0 fully saturated rings. The molecule has 68 valence electrons. The zero-order chi connectivity index (χ0) is 8.97. The molecule has 1 nitrogen and oxygen atoms in total. The summed E-state index contributed by atoms with van der Waals surface area (Å²) in [6.45, 7) is 3.82. The van der Waals surface area contributed by atoms with Gasteiger partial charge in [-0.3, -0.25) is 4.79 Å². The highest BCUT2D eigenvalue weighted by molar-refractivity contribution is 5.78. The minimum atomic E-state index is 0.279. The first-order chi connectivity index (χ1) is 5.75. The van der Waals surface area contributed by atoms with Crippen LogP contribution in [0.15, 0.2) is 12.2 Å². The highest BCUT2D eigenvalue weighted by atomic mass is 16.1. The Hall–Kier alpha value is -0.590. The Morgan fingerprint density at radius 2 is 2.42 bits per heavy atom. The highest BCUT2D eigenvalue weighted by Gasteiger charge is 2.22. The molecule has 0 spiro atoms. The van der Waals surface area contributed by atoms with Gasteiger partial charge >= 0.3 is 0 Å². The molecule has 12 heavy (non-hydrogen) atoms. The fourth-order valence-electron chi connectivity index (χ4n) is 2.07. The second kappa shape index (κ2) is 4.44. The lowest BCUT2D eigenvalue weighted by molar-refractivity contribution is -0.122. The first-order valence-corrected chi connectivity index (χ1v) is 4.92. The van der Waals surface area contributed by atoms with Crippen molar-refractivity contribution in [1.29, 1.82) is 0 Å². The zero-order valence-electron chi connectivity index (χ0n) is 8.05. The van der Waals surface area contributed by atoms with Gasteiger partial charge in [-0.25, -0.2) is 0 Å². The van der Waals surface area contributed by atoms with Gasteiger partial charge in [0.2, 0.25) is 0 Å². The number of hydrogen-bond acceptors (Lipinski definition) is 1. The van der Waals surface area contributed by atoms with Crippen LogP contribution in [0, 0.1) is 11.8 Å². The maximum Gasteiger partial charge on any atom is 0.133 e. The Morgan fingerprint density at radius 1 is 1.67 bits per heavy atom. The number of hydrogen-bond donors (Lipinski definition) is 0. The van der Waals surface area contributed by atoms with E-state index in [4.69, 9.17) is 0 Å². The van der Waals surface area contributed by atoms with Crippen LogP contribution in [0.2, 0.25) is 0 Å². The predicted octanol–water partition coefficient (Wildman–Crippen LogP) is 2.96. The summed E-state index contributed by atoms with van der Waals surface area (Å²) in [5.74, 6) is 1.16. The van der Waals surface area contributed by atoms with E-state index in [0.29, 0.717) is 11.7 Å². The van der Waals surface area contributed by atoms with Crippen molar-refractivity contribution in [3.63, 3.8) is 0 Å². The number of carbonyl (C=O) groups is 1. The Kier molecular flexibility index (Phi) is 3.51.